The lowest BCUT2D eigenvalue weighted by atomic mass is 10.1. The number of hydrogen-bond acceptors (Lipinski definition) is 3. The van der Waals surface area contributed by atoms with E-state index in [9.17, 15) is 4.79 Å². The maximum Gasteiger partial charge on any atom is 0.342 e. The molecule has 0 fully saturated rings. The summed E-state index contributed by atoms with van der Waals surface area (Å²) in [5.74, 6) is -0.318. The molecule has 1 aromatic rings. The van der Waals surface area contributed by atoms with E-state index in [1.807, 2.05) is 20.8 Å². The van der Waals surface area contributed by atoms with E-state index < -0.39 is 5.60 Å². The molecule has 4 nitrogen and oxygen atoms in total. The number of esters is 1. The minimum absolute atomic E-state index is 0.318. The van der Waals surface area contributed by atoms with Crippen molar-refractivity contribution in [1.82, 2.24) is 10.2 Å². The van der Waals surface area contributed by atoms with Crippen LogP contribution in [0.25, 0.3) is 0 Å². The minimum Gasteiger partial charge on any atom is -0.456 e. The van der Waals surface area contributed by atoms with Crippen molar-refractivity contribution in [1.29, 1.82) is 0 Å². The highest BCUT2D eigenvalue weighted by atomic mass is 16.6. The fraction of sp³-hybridized carbons (Fsp3) is 0.600. The van der Waals surface area contributed by atoms with Crippen LogP contribution in [-0.2, 0) is 4.74 Å². The van der Waals surface area contributed by atoms with Crippen molar-refractivity contribution in [3.05, 3.63) is 17.0 Å². The number of nitrogens with one attached hydrogen (secondary N) is 1. The maximum atomic E-state index is 11.7. The number of aromatic amines is 1. The van der Waals surface area contributed by atoms with Gasteiger partial charge in [0.1, 0.15) is 11.2 Å². The SMILES string of the molecule is Cc1n[nH]c(C)c1C(=O)OC(C)(C)C. The molecule has 0 aromatic carbocycles. The first-order valence-corrected chi connectivity index (χ1v) is 4.56. The molecule has 0 aliphatic heterocycles. The van der Waals surface area contributed by atoms with E-state index in [2.05, 4.69) is 10.2 Å². The van der Waals surface area contributed by atoms with Gasteiger partial charge in [0.15, 0.2) is 0 Å². The summed E-state index contributed by atoms with van der Waals surface area (Å²) in [6.45, 7) is 9.11. The zero-order chi connectivity index (χ0) is 10.9. The third-order valence-electron chi connectivity index (χ3n) is 1.73. The molecule has 0 spiro atoms. The number of nitrogens with zero attached hydrogens (tertiary/aromatic N) is 1. The summed E-state index contributed by atoms with van der Waals surface area (Å²) in [7, 11) is 0. The molecule has 1 aromatic heterocycles. The van der Waals surface area contributed by atoms with Crippen LogP contribution in [0.2, 0.25) is 0 Å². The predicted octanol–water partition coefficient (Wildman–Crippen LogP) is 1.98. The fourth-order valence-corrected chi connectivity index (χ4v) is 1.18. The van der Waals surface area contributed by atoms with Gasteiger partial charge in [-0.15, -0.1) is 0 Å². The average molecular weight is 196 g/mol. The third-order valence-corrected chi connectivity index (χ3v) is 1.73. The molecule has 0 bridgehead atoms. The van der Waals surface area contributed by atoms with Crippen molar-refractivity contribution in [3.8, 4) is 0 Å². The predicted molar refractivity (Wildman–Crippen MR) is 53.2 cm³/mol. The molecule has 1 heterocycles. The van der Waals surface area contributed by atoms with Gasteiger partial charge in [-0.3, -0.25) is 5.10 Å². The molecule has 0 saturated heterocycles. The number of aryl methyl sites for hydroxylation is 2. The number of hydrogen-bond donors (Lipinski definition) is 1. The zero-order valence-electron chi connectivity index (χ0n) is 9.26. The summed E-state index contributed by atoms with van der Waals surface area (Å²) in [5, 5.41) is 6.69. The smallest absolute Gasteiger partial charge is 0.342 e. The largest absolute Gasteiger partial charge is 0.456 e. The van der Waals surface area contributed by atoms with Crippen LogP contribution in [0.15, 0.2) is 0 Å². The first kappa shape index (κ1) is 10.8. The van der Waals surface area contributed by atoms with Crippen molar-refractivity contribution < 1.29 is 9.53 Å². The lowest BCUT2D eigenvalue weighted by Crippen LogP contribution is -2.24. The topological polar surface area (TPSA) is 55.0 Å². The second-order valence-electron chi connectivity index (χ2n) is 4.31. The monoisotopic (exact) mass is 196 g/mol. The van der Waals surface area contributed by atoms with Crippen LogP contribution in [0.1, 0.15) is 42.5 Å². The normalized spacial score (nSPS) is 11.5. The average Bonchev–Trinajstić information content (AvgIpc) is 2.27. The number of rotatable bonds is 1. The van der Waals surface area contributed by atoms with Crippen molar-refractivity contribution in [3.63, 3.8) is 0 Å². The summed E-state index contributed by atoms with van der Waals surface area (Å²) < 4.78 is 5.24. The van der Waals surface area contributed by atoms with Gasteiger partial charge in [0, 0.05) is 5.69 Å². The minimum atomic E-state index is -0.465. The zero-order valence-corrected chi connectivity index (χ0v) is 9.26. The quantitative estimate of drug-likeness (QED) is 0.699. The molecule has 0 radical (unpaired) electrons. The van der Waals surface area contributed by atoms with Crippen LogP contribution in [0.4, 0.5) is 0 Å². The lowest BCUT2D eigenvalue weighted by Gasteiger charge is -2.19. The number of carbonyl (C=O) groups excluding carboxylic acids is 1. The van der Waals surface area contributed by atoms with Crippen molar-refractivity contribution in [2.45, 2.75) is 40.2 Å². The van der Waals surface area contributed by atoms with Gasteiger partial charge in [-0.25, -0.2) is 4.79 Å². The molecular formula is C10H16N2O2. The first-order valence-electron chi connectivity index (χ1n) is 4.56. The second-order valence-corrected chi connectivity index (χ2v) is 4.31. The number of ether oxygens (including phenoxy) is 1. The van der Waals surface area contributed by atoms with Gasteiger partial charge in [-0.1, -0.05) is 0 Å². The molecule has 0 saturated carbocycles. The van der Waals surface area contributed by atoms with Crippen molar-refractivity contribution in [2.75, 3.05) is 0 Å². The van der Waals surface area contributed by atoms with E-state index in [1.165, 1.54) is 0 Å². The standard InChI is InChI=1S/C10H16N2O2/c1-6-8(7(2)12-11-6)9(13)14-10(3,4)5/h1-5H3,(H,11,12). The molecule has 0 amide bonds. The van der Waals surface area contributed by atoms with Crippen molar-refractivity contribution in [2.24, 2.45) is 0 Å². The van der Waals surface area contributed by atoms with E-state index in [-0.39, 0.29) is 5.97 Å². The van der Waals surface area contributed by atoms with E-state index in [0.29, 0.717) is 11.3 Å². The van der Waals surface area contributed by atoms with E-state index in [4.69, 9.17) is 4.74 Å². The Labute approximate surface area is 83.7 Å². The molecule has 78 valence electrons. The molecule has 0 aliphatic carbocycles. The summed E-state index contributed by atoms with van der Waals surface area (Å²) in [5.41, 5.74) is 1.50. The molecule has 4 heteroatoms. The highest BCUT2D eigenvalue weighted by Gasteiger charge is 2.22. The lowest BCUT2D eigenvalue weighted by molar-refractivity contribution is 0.00681. The number of carbonyl (C=O) groups is 1. The summed E-state index contributed by atoms with van der Waals surface area (Å²) in [6, 6.07) is 0. The third kappa shape index (κ3) is 2.34. The number of H-pyrrole nitrogens is 1. The van der Waals surface area contributed by atoms with Crippen LogP contribution < -0.4 is 0 Å². The van der Waals surface area contributed by atoms with Crippen LogP contribution in [-0.4, -0.2) is 21.8 Å². The molecular weight excluding hydrogens is 180 g/mol. The van der Waals surface area contributed by atoms with Crippen LogP contribution >= 0.6 is 0 Å². The molecule has 0 aliphatic rings. The van der Waals surface area contributed by atoms with Gasteiger partial charge < -0.3 is 4.74 Å². The van der Waals surface area contributed by atoms with Gasteiger partial charge in [0.2, 0.25) is 0 Å². The summed E-state index contributed by atoms with van der Waals surface area (Å²) >= 11 is 0. The van der Waals surface area contributed by atoms with Gasteiger partial charge >= 0.3 is 5.97 Å². The molecule has 0 atom stereocenters. The van der Waals surface area contributed by atoms with Crippen LogP contribution in [0.3, 0.4) is 0 Å². The maximum absolute atomic E-state index is 11.7. The Morgan fingerprint density at radius 2 is 1.93 bits per heavy atom. The van der Waals surface area contributed by atoms with Gasteiger partial charge in [0.05, 0.1) is 5.69 Å². The van der Waals surface area contributed by atoms with E-state index in [0.717, 1.165) is 5.69 Å². The Hall–Kier alpha value is -1.32. The second kappa shape index (κ2) is 3.44. The first-order chi connectivity index (χ1) is 6.31. The van der Waals surface area contributed by atoms with E-state index >= 15 is 0 Å². The Balaban J connectivity index is 2.90. The fourth-order valence-electron chi connectivity index (χ4n) is 1.18. The van der Waals surface area contributed by atoms with E-state index in [1.54, 1.807) is 13.8 Å². The van der Waals surface area contributed by atoms with Gasteiger partial charge in [-0.2, -0.15) is 5.10 Å². The molecule has 1 rings (SSSR count). The summed E-state index contributed by atoms with van der Waals surface area (Å²) in [4.78, 5) is 11.7. The van der Waals surface area contributed by atoms with Gasteiger partial charge in [-0.05, 0) is 34.6 Å². The van der Waals surface area contributed by atoms with Crippen LogP contribution in [0.5, 0.6) is 0 Å². The van der Waals surface area contributed by atoms with Crippen molar-refractivity contribution >= 4 is 5.97 Å². The molecule has 14 heavy (non-hydrogen) atoms. The van der Waals surface area contributed by atoms with Crippen LogP contribution in [0, 0.1) is 13.8 Å². The summed E-state index contributed by atoms with van der Waals surface area (Å²) in [6.07, 6.45) is 0. The number of aromatic nitrogens is 2. The Kier molecular flexibility index (Phi) is 2.64. The molecule has 0 unspecified atom stereocenters. The highest BCUT2D eigenvalue weighted by Crippen LogP contribution is 2.15. The Bertz CT molecular complexity index is 328. The Morgan fingerprint density at radius 1 is 1.36 bits per heavy atom. The molecule has 1 N–H and O–H groups in total. The highest BCUT2D eigenvalue weighted by molar-refractivity contribution is 5.92. The van der Waals surface area contributed by atoms with Gasteiger partial charge in [0.25, 0.3) is 0 Å². The Morgan fingerprint density at radius 3 is 2.29 bits per heavy atom.